The number of benzene rings is 1. The fourth-order valence-electron chi connectivity index (χ4n) is 3.03. The van der Waals surface area contributed by atoms with E-state index in [1.165, 1.54) is 4.57 Å². The highest BCUT2D eigenvalue weighted by atomic mass is 16.2. The minimum atomic E-state index is -0.619. The minimum Gasteiger partial charge on any atom is -0.295 e. The molecule has 6 nitrogen and oxygen atoms in total. The number of aromatic nitrogens is 2. The zero-order valence-electron chi connectivity index (χ0n) is 12.0. The Bertz CT molecular complexity index is 806. The lowest BCUT2D eigenvalue weighted by atomic mass is 10.1. The van der Waals surface area contributed by atoms with Crippen LogP contribution < -0.4 is 11.0 Å². The third kappa shape index (κ3) is 1.98. The Kier molecular flexibility index (Phi) is 3.16. The summed E-state index contributed by atoms with van der Waals surface area (Å²) < 4.78 is 3.09. The number of imide groups is 1. The molecule has 1 aliphatic heterocycles. The van der Waals surface area contributed by atoms with E-state index in [4.69, 9.17) is 0 Å². The maximum absolute atomic E-state index is 12.5. The lowest BCUT2D eigenvalue weighted by Crippen LogP contribution is -2.44. The molecule has 1 atom stereocenters. The van der Waals surface area contributed by atoms with Gasteiger partial charge in [-0.1, -0.05) is 19.1 Å². The summed E-state index contributed by atoms with van der Waals surface area (Å²) in [5.41, 5.74) is 2.45. The highest BCUT2D eigenvalue weighted by Crippen LogP contribution is 2.24. The number of piperidine rings is 1. The van der Waals surface area contributed by atoms with Gasteiger partial charge >= 0.3 is 5.69 Å². The Balaban J connectivity index is 0.00000176. The van der Waals surface area contributed by atoms with Gasteiger partial charge in [0.2, 0.25) is 11.8 Å². The van der Waals surface area contributed by atoms with Gasteiger partial charge in [0.1, 0.15) is 6.04 Å². The van der Waals surface area contributed by atoms with Crippen molar-refractivity contribution in [2.45, 2.75) is 32.2 Å². The van der Waals surface area contributed by atoms with E-state index in [1.807, 2.05) is 25.1 Å². The van der Waals surface area contributed by atoms with Crippen molar-refractivity contribution in [3.05, 3.63) is 34.2 Å². The predicted octanol–water partition coefficient (Wildman–Crippen LogP) is 1.13. The second-order valence-electron chi connectivity index (χ2n) is 5.32. The van der Waals surface area contributed by atoms with Crippen LogP contribution in [-0.4, -0.2) is 20.9 Å². The minimum absolute atomic E-state index is 0. The molecule has 0 radical (unpaired) electrons. The van der Waals surface area contributed by atoms with E-state index in [0.29, 0.717) is 6.42 Å². The first kappa shape index (κ1) is 13.6. The van der Waals surface area contributed by atoms with Crippen molar-refractivity contribution >= 4 is 22.8 Å². The van der Waals surface area contributed by atoms with Crippen molar-refractivity contribution in [2.24, 2.45) is 7.05 Å². The van der Waals surface area contributed by atoms with Gasteiger partial charge in [-0.2, -0.15) is 0 Å². The molecule has 1 fully saturated rings. The van der Waals surface area contributed by atoms with E-state index >= 15 is 0 Å². The molecule has 0 aliphatic carbocycles. The van der Waals surface area contributed by atoms with Gasteiger partial charge in [-0.05, 0) is 24.5 Å². The van der Waals surface area contributed by atoms with Crippen LogP contribution in [0, 0.1) is 0 Å². The van der Waals surface area contributed by atoms with E-state index in [1.54, 1.807) is 11.6 Å². The topological polar surface area (TPSA) is 73.1 Å². The molecule has 21 heavy (non-hydrogen) atoms. The molecule has 1 saturated heterocycles. The van der Waals surface area contributed by atoms with Crippen molar-refractivity contribution < 1.29 is 11.0 Å². The molecule has 2 amide bonds. The molecule has 1 aliphatic rings. The molecule has 0 saturated carbocycles. The first-order valence-corrected chi connectivity index (χ1v) is 7.07. The quantitative estimate of drug-likeness (QED) is 0.842. The molecule has 0 spiro atoms. The third-order valence-corrected chi connectivity index (χ3v) is 4.09. The summed E-state index contributed by atoms with van der Waals surface area (Å²) in [6, 6.07) is 5.10. The van der Waals surface area contributed by atoms with Crippen LogP contribution >= 0.6 is 0 Å². The summed E-state index contributed by atoms with van der Waals surface area (Å²) in [5.74, 6) is -0.679. The number of para-hydroxylation sites is 1. The molecular weight excluding hydrogens is 270 g/mol. The number of amides is 2. The molecule has 1 aromatic heterocycles. The fourth-order valence-corrected chi connectivity index (χ4v) is 3.03. The van der Waals surface area contributed by atoms with Crippen molar-refractivity contribution in [2.75, 3.05) is 0 Å². The van der Waals surface area contributed by atoms with Gasteiger partial charge in [0.05, 0.1) is 11.0 Å². The normalized spacial score (nSPS) is 19.0. The number of carbonyl (C=O) groups excluding carboxylic acids is 2. The summed E-state index contributed by atoms with van der Waals surface area (Å²) >= 11 is 0. The van der Waals surface area contributed by atoms with Crippen molar-refractivity contribution in [1.82, 2.24) is 14.5 Å². The second kappa shape index (κ2) is 4.87. The highest BCUT2D eigenvalue weighted by molar-refractivity contribution is 6.00. The number of fused-ring (bicyclic) bond motifs is 1. The van der Waals surface area contributed by atoms with Crippen LogP contribution in [0.4, 0.5) is 0 Å². The maximum Gasteiger partial charge on any atom is 0.329 e. The predicted molar refractivity (Wildman–Crippen MR) is 80.1 cm³/mol. The smallest absolute Gasteiger partial charge is 0.295 e. The van der Waals surface area contributed by atoms with Gasteiger partial charge in [-0.25, -0.2) is 4.79 Å². The Labute approximate surface area is 122 Å². The van der Waals surface area contributed by atoms with Gasteiger partial charge in [-0.15, -0.1) is 0 Å². The van der Waals surface area contributed by atoms with E-state index in [9.17, 15) is 14.4 Å². The summed E-state index contributed by atoms with van der Waals surface area (Å²) in [6.45, 7) is 2.03. The Hall–Kier alpha value is -2.37. The maximum atomic E-state index is 12.5. The van der Waals surface area contributed by atoms with Gasteiger partial charge < -0.3 is 0 Å². The largest absolute Gasteiger partial charge is 0.329 e. The second-order valence-corrected chi connectivity index (χ2v) is 5.32. The van der Waals surface area contributed by atoms with Crippen molar-refractivity contribution in [1.29, 1.82) is 0 Å². The Morgan fingerprint density at radius 1 is 1.33 bits per heavy atom. The summed E-state index contributed by atoms with van der Waals surface area (Å²) in [5, 5.41) is 2.31. The van der Waals surface area contributed by atoms with Crippen LogP contribution in [-0.2, 0) is 23.1 Å². The molecule has 6 heteroatoms. The summed E-state index contributed by atoms with van der Waals surface area (Å²) in [6.07, 6.45) is 1.43. The number of aryl methyl sites for hydroxylation is 2. The van der Waals surface area contributed by atoms with Gasteiger partial charge in [0.25, 0.3) is 0 Å². The number of imidazole rings is 1. The lowest BCUT2D eigenvalue weighted by molar-refractivity contribution is -0.135. The standard InChI is InChI=1S/C15H17N3O3.H2/c1-3-9-5-4-6-10-13(9)17(2)15(21)18(10)11-7-8-12(19)16-14(11)20;/h4-6,11H,3,7-8H2,1-2H3,(H,16,19,20);1H. The molecule has 1 aromatic carbocycles. The van der Waals surface area contributed by atoms with E-state index in [2.05, 4.69) is 5.32 Å². The summed E-state index contributed by atoms with van der Waals surface area (Å²) in [7, 11) is 1.71. The number of nitrogens with zero attached hydrogens (tertiary/aromatic N) is 2. The molecule has 0 bridgehead atoms. The SMILES string of the molecule is CCc1cccc2c1n(C)c(=O)n2C1CCC(=O)NC1=O.[HH]. The first-order valence-electron chi connectivity index (χ1n) is 7.07. The average molecular weight is 289 g/mol. The lowest BCUT2D eigenvalue weighted by Gasteiger charge is -2.21. The molecule has 1 unspecified atom stereocenters. The van der Waals surface area contributed by atoms with Crippen molar-refractivity contribution in [3.8, 4) is 0 Å². The van der Waals surface area contributed by atoms with Crippen LogP contribution in [0.3, 0.4) is 0 Å². The highest BCUT2D eigenvalue weighted by Gasteiger charge is 2.31. The van der Waals surface area contributed by atoms with Crippen LogP contribution in [0.5, 0.6) is 0 Å². The van der Waals surface area contributed by atoms with E-state index in [0.717, 1.165) is 23.0 Å². The van der Waals surface area contributed by atoms with Crippen molar-refractivity contribution in [3.63, 3.8) is 0 Å². The van der Waals surface area contributed by atoms with Gasteiger partial charge in [-0.3, -0.25) is 24.0 Å². The third-order valence-electron chi connectivity index (χ3n) is 4.09. The zero-order valence-corrected chi connectivity index (χ0v) is 12.0. The van der Waals surface area contributed by atoms with Gasteiger partial charge in [0, 0.05) is 14.9 Å². The average Bonchev–Trinajstić information content (AvgIpc) is 2.72. The fraction of sp³-hybridized carbons (Fsp3) is 0.400. The van der Waals surface area contributed by atoms with Crippen LogP contribution in [0.1, 0.15) is 32.8 Å². The molecule has 2 aromatic rings. The number of hydrogen-bond donors (Lipinski definition) is 1. The molecule has 2 heterocycles. The van der Waals surface area contributed by atoms with E-state index < -0.39 is 11.9 Å². The monoisotopic (exact) mass is 289 g/mol. The number of carbonyl (C=O) groups is 2. The molecular formula is C15H19N3O3. The first-order chi connectivity index (χ1) is 10.0. The number of rotatable bonds is 2. The van der Waals surface area contributed by atoms with Crippen LogP contribution in [0.15, 0.2) is 23.0 Å². The van der Waals surface area contributed by atoms with Crippen LogP contribution in [0.2, 0.25) is 0 Å². The van der Waals surface area contributed by atoms with E-state index in [-0.39, 0.29) is 19.4 Å². The summed E-state index contributed by atoms with van der Waals surface area (Å²) in [4.78, 5) is 35.9. The van der Waals surface area contributed by atoms with Crippen LogP contribution in [0.25, 0.3) is 11.0 Å². The zero-order chi connectivity index (χ0) is 15.1. The molecule has 1 N–H and O–H groups in total. The number of hydrogen-bond acceptors (Lipinski definition) is 3. The molecule has 3 rings (SSSR count). The Morgan fingerprint density at radius 3 is 2.76 bits per heavy atom. The Morgan fingerprint density at radius 2 is 2.10 bits per heavy atom. The molecule has 112 valence electrons. The van der Waals surface area contributed by atoms with Gasteiger partial charge in [0.15, 0.2) is 0 Å². The number of nitrogens with one attached hydrogen (secondary N) is 1.